The number of nitrogens with two attached hydrogens (primary N) is 1. The zero-order chi connectivity index (χ0) is 19.6. The fraction of sp³-hybridized carbons (Fsp3) is 0.250. The molecule has 11 heteroatoms. The van der Waals surface area contributed by atoms with Crippen LogP contribution in [0.15, 0.2) is 34.5 Å². The average Bonchev–Trinajstić information content (AvgIpc) is 3.07. The number of benzene rings is 1. The Hall–Kier alpha value is -2.47. The number of anilines is 1. The van der Waals surface area contributed by atoms with Gasteiger partial charge in [0.25, 0.3) is 21.8 Å². The van der Waals surface area contributed by atoms with E-state index in [9.17, 15) is 23.1 Å². The van der Waals surface area contributed by atoms with Crippen molar-refractivity contribution in [3.63, 3.8) is 0 Å². The summed E-state index contributed by atoms with van der Waals surface area (Å²) in [6, 6.07) is 7.00. The second kappa shape index (κ2) is 7.64. The number of para-hydroxylation sites is 1. The first-order chi connectivity index (χ1) is 12.8. The highest BCUT2D eigenvalue weighted by Gasteiger charge is 2.30. The van der Waals surface area contributed by atoms with Gasteiger partial charge in [0.2, 0.25) is 0 Å². The number of phenols is 1. The summed E-state index contributed by atoms with van der Waals surface area (Å²) in [7, 11) is -3.84. The van der Waals surface area contributed by atoms with Gasteiger partial charge in [0.1, 0.15) is 15.0 Å². The maximum atomic E-state index is 12.8. The summed E-state index contributed by atoms with van der Waals surface area (Å²) in [5.41, 5.74) is 5.20. The molecule has 27 heavy (non-hydrogen) atoms. The van der Waals surface area contributed by atoms with Gasteiger partial charge < -0.3 is 20.9 Å². The highest BCUT2D eigenvalue weighted by molar-refractivity contribution is 7.91. The number of nitrogens with zero attached hydrogens (tertiary/aromatic N) is 1. The first kappa shape index (κ1) is 19.3. The normalized spacial score (nSPS) is 15.4. The molecule has 0 unspecified atom stereocenters. The van der Waals surface area contributed by atoms with Gasteiger partial charge in [-0.1, -0.05) is 12.1 Å². The van der Waals surface area contributed by atoms with E-state index in [2.05, 4.69) is 5.32 Å². The largest absolute Gasteiger partial charge is 0.507 e. The van der Waals surface area contributed by atoms with Gasteiger partial charge in [0.05, 0.1) is 24.3 Å². The molecule has 2 aromatic rings. The number of carbonyl (C=O) groups excluding carboxylic acids is 2. The summed E-state index contributed by atoms with van der Waals surface area (Å²) < 4.78 is 31.8. The second-order valence-electron chi connectivity index (χ2n) is 5.66. The summed E-state index contributed by atoms with van der Waals surface area (Å²) in [6.07, 6.45) is 0. The quantitative estimate of drug-likeness (QED) is 0.666. The monoisotopic (exact) mass is 411 g/mol. The van der Waals surface area contributed by atoms with Crippen LogP contribution < -0.4 is 11.1 Å². The number of aromatic hydroxyl groups is 1. The van der Waals surface area contributed by atoms with Gasteiger partial charge in [-0.25, -0.2) is 8.42 Å². The van der Waals surface area contributed by atoms with Crippen molar-refractivity contribution in [2.75, 3.05) is 31.6 Å². The van der Waals surface area contributed by atoms with Crippen molar-refractivity contribution in [2.45, 2.75) is 4.21 Å². The lowest BCUT2D eigenvalue weighted by atomic mass is 10.2. The Morgan fingerprint density at radius 2 is 1.85 bits per heavy atom. The molecule has 1 aliphatic rings. The van der Waals surface area contributed by atoms with Gasteiger partial charge in [-0.15, -0.1) is 11.3 Å². The molecular weight excluding hydrogens is 394 g/mol. The molecule has 0 atom stereocenters. The van der Waals surface area contributed by atoms with Crippen molar-refractivity contribution in [2.24, 2.45) is 5.73 Å². The molecule has 0 saturated carbocycles. The van der Waals surface area contributed by atoms with Crippen LogP contribution in [0.5, 0.6) is 5.75 Å². The average molecular weight is 411 g/mol. The van der Waals surface area contributed by atoms with Crippen molar-refractivity contribution in [1.82, 2.24) is 4.31 Å². The Morgan fingerprint density at radius 1 is 1.19 bits per heavy atom. The molecule has 1 saturated heterocycles. The molecule has 1 aromatic heterocycles. The summed E-state index contributed by atoms with van der Waals surface area (Å²) in [4.78, 5) is 24.1. The molecule has 4 N–H and O–H groups in total. The van der Waals surface area contributed by atoms with Crippen LogP contribution in [0.4, 0.5) is 5.00 Å². The summed E-state index contributed by atoms with van der Waals surface area (Å²) in [6.45, 7) is 0.964. The number of primary amides is 1. The Bertz CT molecular complexity index is 980. The number of hydrogen-bond acceptors (Lipinski definition) is 7. The van der Waals surface area contributed by atoms with E-state index in [-0.39, 0.29) is 52.4 Å². The van der Waals surface area contributed by atoms with E-state index in [1.54, 1.807) is 12.1 Å². The Morgan fingerprint density at radius 3 is 2.48 bits per heavy atom. The first-order valence-electron chi connectivity index (χ1n) is 7.91. The predicted octanol–water partition coefficient (Wildman–Crippen LogP) is 0.826. The zero-order valence-corrected chi connectivity index (χ0v) is 15.7. The summed E-state index contributed by atoms with van der Waals surface area (Å²) in [5.74, 6) is -1.80. The standard InChI is InChI=1S/C16H17N3O6S2/c17-14(21)11-9-13(27(23,24)19-5-7-25-8-6-19)26-16(11)18-15(22)10-3-1-2-4-12(10)20/h1-4,9,20H,5-8H2,(H2,17,21)(H,18,22). The number of rotatable bonds is 5. The molecule has 9 nitrogen and oxygen atoms in total. The van der Waals surface area contributed by atoms with Gasteiger partial charge in [0.15, 0.2) is 0 Å². The van der Waals surface area contributed by atoms with Crippen molar-refractivity contribution in [3.05, 3.63) is 41.5 Å². The molecule has 2 heterocycles. The lowest BCUT2D eigenvalue weighted by Crippen LogP contribution is -2.40. The van der Waals surface area contributed by atoms with Crippen LogP contribution in [0.2, 0.25) is 0 Å². The van der Waals surface area contributed by atoms with Crippen molar-refractivity contribution >= 4 is 38.2 Å². The van der Waals surface area contributed by atoms with E-state index < -0.39 is 21.8 Å². The third-order valence-electron chi connectivity index (χ3n) is 3.91. The minimum absolute atomic E-state index is 0.00240. The van der Waals surface area contributed by atoms with Crippen LogP contribution >= 0.6 is 11.3 Å². The third kappa shape index (κ3) is 3.95. The highest BCUT2D eigenvalue weighted by Crippen LogP contribution is 2.34. The maximum absolute atomic E-state index is 12.8. The molecule has 1 fully saturated rings. The first-order valence-corrected chi connectivity index (χ1v) is 10.2. The third-order valence-corrected chi connectivity index (χ3v) is 7.31. The van der Waals surface area contributed by atoms with Crippen LogP contribution in [0.3, 0.4) is 0 Å². The molecule has 0 spiro atoms. The van der Waals surface area contributed by atoms with Crippen LogP contribution in [-0.4, -0.2) is 55.9 Å². The van der Waals surface area contributed by atoms with Crippen molar-refractivity contribution in [3.8, 4) is 5.75 Å². The number of phenolic OH excluding ortho intramolecular Hbond substituents is 1. The van der Waals surface area contributed by atoms with Gasteiger partial charge in [0, 0.05) is 13.1 Å². The summed E-state index contributed by atoms with van der Waals surface area (Å²) >= 11 is 0.732. The lowest BCUT2D eigenvalue weighted by Gasteiger charge is -2.25. The van der Waals surface area contributed by atoms with Gasteiger partial charge in [-0.05, 0) is 18.2 Å². The van der Waals surface area contributed by atoms with E-state index in [0.29, 0.717) is 0 Å². The Labute approximate surface area is 159 Å². The second-order valence-corrected chi connectivity index (χ2v) is 8.88. The topological polar surface area (TPSA) is 139 Å². The Kier molecular flexibility index (Phi) is 5.46. The number of amides is 2. The van der Waals surface area contributed by atoms with Gasteiger partial charge >= 0.3 is 0 Å². The van der Waals surface area contributed by atoms with E-state index in [4.69, 9.17) is 10.5 Å². The van der Waals surface area contributed by atoms with Crippen LogP contribution in [0.1, 0.15) is 20.7 Å². The zero-order valence-electron chi connectivity index (χ0n) is 14.0. The minimum atomic E-state index is -3.84. The number of carbonyl (C=O) groups is 2. The lowest BCUT2D eigenvalue weighted by molar-refractivity contribution is 0.0731. The van der Waals surface area contributed by atoms with E-state index in [0.717, 1.165) is 17.4 Å². The van der Waals surface area contributed by atoms with Crippen molar-refractivity contribution < 1.29 is 27.9 Å². The molecule has 0 aliphatic carbocycles. The molecule has 2 amide bonds. The number of thiophene rings is 1. The van der Waals surface area contributed by atoms with Crippen LogP contribution in [0, 0.1) is 0 Å². The van der Waals surface area contributed by atoms with E-state index in [1.165, 1.54) is 16.4 Å². The molecule has 3 rings (SSSR count). The number of hydrogen-bond donors (Lipinski definition) is 3. The predicted molar refractivity (Wildman–Crippen MR) is 98.5 cm³/mol. The molecule has 1 aliphatic heterocycles. The van der Waals surface area contributed by atoms with Gasteiger partial charge in [-0.2, -0.15) is 4.31 Å². The SMILES string of the molecule is NC(=O)c1cc(S(=O)(=O)N2CCOCC2)sc1NC(=O)c1ccccc1O. The fourth-order valence-electron chi connectivity index (χ4n) is 2.52. The number of morpholine rings is 1. The van der Waals surface area contributed by atoms with E-state index in [1.807, 2.05) is 0 Å². The molecular formula is C16H17N3O6S2. The molecule has 1 aromatic carbocycles. The van der Waals surface area contributed by atoms with Crippen molar-refractivity contribution in [1.29, 1.82) is 0 Å². The maximum Gasteiger partial charge on any atom is 0.260 e. The molecule has 0 bridgehead atoms. The Balaban J connectivity index is 1.93. The number of nitrogens with one attached hydrogen (secondary N) is 1. The smallest absolute Gasteiger partial charge is 0.260 e. The minimum Gasteiger partial charge on any atom is -0.507 e. The number of ether oxygens (including phenoxy) is 1. The highest BCUT2D eigenvalue weighted by atomic mass is 32.2. The van der Waals surface area contributed by atoms with Crippen LogP contribution in [0.25, 0.3) is 0 Å². The number of sulfonamides is 1. The van der Waals surface area contributed by atoms with E-state index >= 15 is 0 Å². The molecule has 144 valence electrons. The summed E-state index contributed by atoms with van der Waals surface area (Å²) in [5, 5.41) is 12.2. The fourth-order valence-corrected chi connectivity index (χ4v) is 5.45. The van der Waals surface area contributed by atoms with Crippen LogP contribution in [-0.2, 0) is 14.8 Å². The van der Waals surface area contributed by atoms with Gasteiger partial charge in [-0.3, -0.25) is 9.59 Å². The molecule has 0 radical (unpaired) electrons.